The molecule has 3 rings (SSSR count). The first-order valence-electron chi connectivity index (χ1n) is 7.86. The minimum absolute atomic E-state index is 0. The molecule has 2 heterocycles. The lowest BCUT2D eigenvalue weighted by atomic mass is 10.1. The Balaban J connectivity index is 0.00000225. The Hall–Kier alpha value is -2.16. The summed E-state index contributed by atoms with van der Waals surface area (Å²) in [7, 11) is 1.74. The topological polar surface area (TPSA) is 65.1 Å². The Morgan fingerprint density at radius 2 is 2.12 bits per heavy atom. The number of benzene rings is 1. The van der Waals surface area contributed by atoms with E-state index in [1.807, 2.05) is 30.5 Å². The van der Waals surface area contributed by atoms with Crippen LogP contribution in [-0.4, -0.2) is 29.5 Å². The second kappa shape index (κ2) is 9.36. The van der Waals surface area contributed by atoms with E-state index < -0.39 is 0 Å². The maximum Gasteiger partial charge on any atom is 0.191 e. The van der Waals surface area contributed by atoms with Gasteiger partial charge in [0.15, 0.2) is 5.96 Å². The molecule has 0 unspecified atom stereocenters. The van der Waals surface area contributed by atoms with Gasteiger partial charge in [-0.2, -0.15) is 0 Å². The van der Waals surface area contributed by atoms with Crippen LogP contribution in [0.3, 0.4) is 0 Å². The minimum atomic E-state index is -0.229. The summed E-state index contributed by atoms with van der Waals surface area (Å²) >= 11 is 0. The van der Waals surface area contributed by atoms with Gasteiger partial charge >= 0.3 is 0 Å². The first kappa shape index (κ1) is 19.2. The number of aliphatic imine (C=N–C) groups is 1. The van der Waals surface area contributed by atoms with E-state index in [2.05, 4.69) is 25.6 Å². The monoisotopic (exact) mass is 453 g/mol. The molecule has 0 aliphatic carbocycles. The molecule has 132 valence electrons. The van der Waals surface area contributed by atoms with Crippen molar-refractivity contribution in [1.82, 2.24) is 20.6 Å². The van der Waals surface area contributed by atoms with Crippen LogP contribution in [-0.2, 0) is 13.0 Å². The first-order valence-corrected chi connectivity index (χ1v) is 7.86. The summed E-state index contributed by atoms with van der Waals surface area (Å²) in [4.78, 5) is 11.6. The largest absolute Gasteiger partial charge is 0.361 e. The lowest BCUT2D eigenvalue weighted by Crippen LogP contribution is -2.38. The van der Waals surface area contributed by atoms with Crippen LogP contribution in [0.2, 0.25) is 0 Å². The van der Waals surface area contributed by atoms with Gasteiger partial charge in [-0.15, -0.1) is 24.0 Å². The summed E-state index contributed by atoms with van der Waals surface area (Å²) in [5, 5.41) is 7.56. The van der Waals surface area contributed by atoms with Gasteiger partial charge in [0.05, 0.1) is 12.2 Å². The van der Waals surface area contributed by atoms with Crippen molar-refractivity contribution in [2.75, 3.05) is 13.6 Å². The normalized spacial score (nSPS) is 11.2. The van der Waals surface area contributed by atoms with E-state index in [9.17, 15) is 4.39 Å². The molecule has 1 aromatic carbocycles. The number of nitrogens with zero attached hydrogens (tertiary/aromatic N) is 2. The van der Waals surface area contributed by atoms with E-state index in [1.54, 1.807) is 13.2 Å². The molecule has 0 aliphatic rings. The van der Waals surface area contributed by atoms with Crippen LogP contribution in [0.25, 0.3) is 10.9 Å². The van der Waals surface area contributed by atoms with E-state index in [1.165, 1.54) is 12.1 Å². The minimum Gasteiger partial charge on any atom is -0.361 e. The Labute approximate surface area is 163 Å². The van der Waals surface area contributed by atoms with Crippen LogP contribution in [0.4, 0.5) is 4.39 Å². The summed E-state index contributed by atoms with van der Waals surface area (Å²) in [5.41, 5.74) is 2.93. The Morgan fingerprint density at radius 1 is 1.24 bits per heavy atom. The van der Waals surface area contributed by atoms with Gasteiger partial charge in [-0.1, -0.05) is 6.07 Å². The fourth-order valence-electron chi connectivity index (χ4n) is 2.58. The van der Waals surface area contributed by atoms with E-state index in [0.717, 1.165) is 41.1 Å². The van der Waals surface area contributed by atoms with Crippen LogP contribution >= 0.6 is 24.0 Å². The number of H-pyrrole nitrogens is 1. The molecule has 7 heteroatoms. The number of hydrogen-bond donors (Lipinski definition) is 3. The van der Waals surface area contributed by atoms with Crippen molar-refractivity contribution in [2.45, 2.75) is 13.0 Å². The van der Waals surface area contributed by atoms with Crippen LogP contribution in [0.5, 0.6) is 0 Å². The van der Waals surface area contributed by atoms with Crippen molar-refractivity contribution in [2.24, 2.45) is 4.99 Å². The van der Waals surface area contributed by atoms with Gasteiger partial charge in [-0.25, -0.2) is 4.39 Å². The zero-order valence-electron chi connectivity index (χ0n) is 13.9. The highest BCUT2D eigenvalue weighted by Gasteiger charge is 2.05. The number of rotatable bonds is 5. The maximum atomic E-state index is 13.2. The third kappa shape index (κ3) is 5.15. The number of nitrogens with one attached hydrogen (secondary N) is 3. The van der Waals surface area contributed by atoms with Crippen molar-refractivity contribution >= 4 is 40.8 Å². The lowest BCUT2D eigenvalue weighted by molar-refractivity contribution is 0.629. The summed E-state index contributed by atoms with van der Waals surface area (Å²) in [6.45, 7) is 1.35. The zero-order chi connectivity index (χ0) is 16.8. The molecule has 5 nitrogen and oxygen atoms in total. The number of halogens is 2. The SMILES string of the molecule is CN=C(NCCc1c[nH]c2cc(F)ccc12)NCc1ccccn1.I. The van der Waals surface area contributed by atoms with E-state index in [0.29, 0.717) is 6.54 Å². The van der Waals surface area contributed by atoms with Crippen LogP contribution in [0.1, 0.15) is 11.3 Å². The second-order valence-corrected chi connectivity index (χ2v) is 5.43. The van der Waals surface area contributed by atoms with Crippen molar-refractivity contribution in [1.29, 1.82) is 0 Å². The molecular weight excluding hydrogens is 432 g/mol. The van der Waals surface area contributed by atoms with Gasteiger partial charge in [0.25, 0.3) is 0 Å². The smallest absolute Gasteiger partial charge is 0.191 e. The third-order valence-electron chi connectivity index (χ3n) is 3.80. The van der Waals surface area contributed by atoms with E-state index in [-0.39, 0.29) is 29.8 Å². The van der Waals surface area contributed by atoms with Crippen LogP contribution in [0.15, 0.2) is 53.8 Å². The molecule has 25 heavy (non-hydrogen) atoms. The highest BCUT2D eigenvalue weighted by Crippen LogP contribution is 2.19. The molecule has 0 radical (unpaired) electrons. The van der Waals surface area contributed by atoms with Gasteiger partial charge in [-0.05, 0) is 42.3 Å². The summed E-state index contributed by atoms with van der Waals surface area (Å²) in [5.74, 6) is 0.500. The van der Waals surface area contributed by atoms with Gasteiger partial charge in [0, 0.05) is 36.9 Å². The molecule has 0 spiro atoms. The van der Waals surface area contributed by atoms with Crippen LogP contribution < -0.4 is 10.6 Å². The highest BCUT2D eigenvalue weighted by molar-refractivity contribution is 14.0. The molecule has 0 bridgehead atoms. The Morgan fingerprint density at radius 3 is 2.88 bits per heavy atom. The number of pyridine rings is 1. The summed E-state index contributed by atoms with van der Waals surface area (Å²) in [6, 6.07) is 10.6. The number of aromatic amines is 1. The predicted molar refractivity (Wildman–Crippen MR) is 110 cm³/mol. The highest BCUT2D eigenvalue weighted by atomic mass is 127. The Bertz CT molecular complexity index is 832. The van der Waals surface area contributed by atoms with Crippen molar-refractivity contribution in [3.8, 4) is 0 Å². The molecule has 0 amide bonds. The number of aromatic nitrogens is 2. The predicted octanol–water partition coefficient (Wildman–Crippen LogP) is 3.23. The fraction of sp³-hybridized carbons (Fsp3) is 0.222. The summed E-state index contributed by atoms with van der Waals surface area (Å²) in [6.07, 6.45) is 4.51. The first-order chi connectivity index (χ1) is 11.8. The van der Waals surface area contributed by atoms with Crippen molar-refractivity contribution < 1.29 is 4.39 Å². The average molecular weight is 453 g/mol. The molecule has 3 aromatic rings. The molecule has 0 aliphatic heterocycles. The van der Waals surface area contributed by atoms with Crippen LogP contribution in [0, 0.1) is 5.82 Å². The molecule has 2 aromatic heterocycles. The molecular formula is C18H21FIN5. The van der Waals surface area contributed by atoms with Gasteiger partial charge < -0.3 is 15.6 Å². The third-order valence-corrected chi connectivity index (χ3v) is 3.80. The molecule has 3 N–H and O–H groups in total. The lowest BCUT2D eigenvalue weighted by Gasteiger charge is -2.11. The summed E-state index contributed by atoms with van der Waals surface area (Å²) < 4.78 is 13.2. The number of hydrogen-bond acceptors (Lipinski definition) is 2. The zero-order valence-corrected chi connectivity index (χ0v) is 16.3. The van der Waals surface area contributed by atoms with E-state index in [4.69, 9.17) is 0 Å². The van der Waals surface area contributed by atoms with Crippen molar-refractivity contribution in [3.05, 3.63) is 65.9 Å². The van der Waals surface area contributed by atoms with Crippen molar-refractivity contribution in [3.63, 3.8) is 0 Å². The number of fused-ring (bicyclic) bond motifs is 1. The molecule has 0 saturated heterocycles. The average Bonchev–Trinajstić information content (AvgIpc) is 3.01. The maximum absolute atomic E-state index is 13.2. The standard InChI is InChI=1S/C18H20FN5.HI/c1-20-18(24-12-15-4-2-3-8-21-15)22-9-7-13-11-23-17-10-14(19)5-6-16(13)17;/h2-6,8,10-11,23H,7,9,12H2,1H3,(H2,20,22,24);1H. The van der Waals surface area contributed by atoms with Gasteiger partial charge in [0.2, 0.25) is 0 Å². The van der Waals surface area contributed by atoms with Gasteiger partial charge in [-0.3, -0.25) is 9.98 Å². The number of guanidine groups is 1. The molecule has 0 fully saturated rings. The van der Waals surface area contributed by atoms with E-state index >= 15 is 0 Å². The molecule has 0 saturated carbocycles. The Kier molecular flexibility index (Phi) is 7.17. The quantitative estimate of drug-likeness (QED) is 0.316. The fourth-order valence-corrected chi connectivity index (χ4v) is 2.58. The molecule has 0 atom stereocenters. The second-order valence-electron chi connectivity index (χ2n) is 5.43. The van der Waals surface area contributed by atoms with Gasteiger partial charge in [0.1, 0.15) is 5.82 Å².